The molecule has 2 fully saturated rings. The molecule has 3 aliphatic rings. The number of nitrogens with zero attached hydrogens (tertiary/aromatic N) is 1. The normalized spacial score (nSPS) is 33.0. The third kappa shape index (κ3) is 2.99. The number of benzene rings is 1. The van der Waals surface area contributed by atoms with E-state index in [-0.39, 0.29) is 0 Å². The summed E-state index contributed by atoms with van der Waals surface area (Å²) in [4.78, 5) is 2.56. The highest BCUT2D eigenvalue weighted by molar-refractivity contribution is 5.27. The van der Waals surface area contributed by atoms with Crippen LogP contribution in [-0.4, -0.2) is 29.6 Å². The second-order valence-electron chi connectivity index (χ2n) is 7.83. The molecule has 2 heteroatoms. The maximum atomic E-state index is 11.8. The molecule has 1 saturated carbocycles. The Morgan fingerprint density at radius 3 is 2.43 bits per heavy atom. The van der Waals surface area contributed by atoms with E-state index in [4.69, 9.17) is 0 Å². The Morgan fingerprint density at radius 1 is 1.00 bits per heavy atom. The number of fused-ring (bicyclic) bond motifs is 2. The van der Waals surface area contributed by atoms with Crippen molar-refractivity contribution in [2.24, 2.45) is 17.8 Å². The molecule has 4 atom stereocenters. The molecule has 0 amide bonds. The van der Waals surface area contributed by atoms with Gasteiger partial charge in [0.25, 0.3) is 0 Å². The summed E-state index contributed by atoms with van der Waals surface area (Å²) in [5.41, 5.74) is 0.464. The van der Waals surface area contributed by atoms with Crippen LogP contribution in [-0.2, 0) is 5.60 Å². The van der Waals surface area contributed by atoms with Crippen molar-refractivity contribution in [2.75, 3.05) is 19.6 Å². The molecule has 1 N–H and O–H groups in total. The number of likely N-dealkylation sites (tertiary alicyclic amines) is 1. The first-order valence-corrected chi connectivity index (χ1v) is 9.44. The standard InChI is InChI=1S/C21H29NO/c23-21(19-7-3-1-4-8-19,11-14-22-12-5-2-6-13-22)20-16-17-9-10-18(20)15-17/h1,3-4,7-10,17-18,20,23H,2,5-6,11-16H2/t17-,18+,20-,21+/m0/s1. The summed E-state index contributed by atoms with van der Waals surface area (Å²) in [6, 6.07) is 10.5. The van der Waals surface area contributed by atoms with E-state index in [0.29, 0.717) is 17.8 Å². The highest BCUT2D eigenvalue weighted by Gasteiger charge is 2.48. The molecule has 0 spiro atoms. The van der Waals surface area contributed by atoms with E-state index in [9.17, 15) is 5.11 Å². The number of allylic oxidation sites excluding steroid dienone is 2. The van der Waals surface area contributed by atoms with Crippen molar-refractivity contribution < 1.29 is 5.11 Å². The number of rotatable bonds is 5. The SMILES string of the molecule is O[C@](CCN1CCCCC1)(c1ccccc1)[C@H]1C[C@H]2C=C[C@@H]1C2. The van der Waals surface area contributed by atoms with Crippen LogP contribution in [0.4, 0.5) is 0 Å². The Morgan fingerprint density at radius 2 is 1.78 bits per heavy atom. The molecule has 124 valence electrons. The second kappa shape index (κ2) is 6.41. The van der Waals surface area contributed by atoms with Gasteiger partial charge in [0.05, 0.1) is 5.60 Å². The molecular formula is C21H29NO. The average molecular weight is 311 g/mol. The lowest BCUT2D eigenvalue weighted by molar-refractivity contribution is -0.0495. The summed E-state index contributed by atoms with van der Waals surface area (Å²) in [6.45, 7) is 3.45. The average Bonchev–Trinajstić information content (AvgIpc) is 3.25. The predicted molar refractivity (Wildman–Crippen MR) is 94.1 cm³/mol. The lowest BCUT2D eigenvalue weighted by atomic mass is 9.72. The van der Waals surface area contributed by atoms with Gasteiger partial charge in [-0.05, 0) is 68.5 Å². The molecule has 4 rings (SSSR count). The van der Waals surface area contributed by atoms with Gasteiger partial charge in [0.15, 0.2) is 0 Å². The van der Waals surface area contributed by atoms with E-state index in [1.54, 1.807) is 0 Å². The summed E-state index contributed by atoms with van der Waals surface area (Å²) in [5.74, 6) is 1.67. The Bertz CT molecular complexity index is 548. The van der Waals surface area contributed by atoms with Crippen LogP contribution in [0.3, 0.4) is 0 Å². The van der Waals surface area contributed by atoms with Gasteiger partial charge in [-0.15, -0.1) is 0 Å². The topological polar surface area (TPSA) is 23.5 Å². The van der Waals surface area contributed by atoms with Gasteiger partial charge in [0.2, 0.25) is 0 Å². The van der Waals surface area contributed by atoms with Gasteiger partial charge < -0.3 is 10.0 Å². The minimum atomic E-state index is -0.664. The van der Waals surface area contributed by atoms with Crippen molar-refractivity contribution in [3.8, 4) is 0 Å². The number of piperidine rings is 1. The maximum Gasteiger partial charge on any atom is 0.0942 e. The van der Waals surface area contributed by atoms with Crippen molar-refractivity contribution in [1.82, 2.24) is 4.90 Å². The molecule has 1 aromatic rings. The van der Waals surface area contributed by atoms with Crippen molar-refractivity contribution in [3.05, 3.63) is 48.0 Å². The zero-order valence-electron chi connectivity index (χ0n) is 14.0. The second-order valence-corrected chi connectivity index (χ2v) is 7.83. The highest BCUT2D eigenvalue weighted by atomic mass is 16.3. The third-order valence-corrected chi connectivity index (χ3v) is 6.42. The molecule has 23 heavy (non-hydrogen) atoms. The van der Waals surface area contributed by atoms with Crippen LogP contribution < -0.4 is 0 Å². The highest BCUT2D eigenvalue weighted by Crippen LogP contribution is 2.52. The molecule has 2 bridgehead atoms. The molecule has 2 aliphatic carbocycles. The van der Waals surface area contributed by atoms with Gasteiger partial charge in [-0.1, -0.05) is 48.9 Å². The van der Waals surface area contributed by atoms with E-state index in [1.807, 2.05) is 0 Å². The number of aliphatic hydroxyl groups is 1. The third-order valence-electron chi connectivity index (χ3n) is 6.42. The molecule has 1 saturated heterocycles. The van der Waals surface area contributed by atoms with Crippen LogP contribution in [0.2, 0.25) is 0 Å². The quantitative estimate of drug-likeness (QED) is 0.832. The van der Waals surface area contributed by atoms with Crippen molar-refractivity contribution in [3.63, 3.8) is 0 Å². The lowest BCUT2D eigenvalue weighted by Gasteiger charge is -2.40. The Balaban J connectivity index is 1.55. The van der Waals surface area contributed by atoms with Crippen molar-refractivity contribution in [1.29, 1.82) is 0 Å². The largest absolute Gasteiger partial charge is 0.385 e. The van der Waals surface area contributed by atoms with Gasteiger partial charge in [0.1, 0.15) is 0 Å². The van der Waals surface area contributed by atoms with Gasteiger partial charge in [-0.25, -0.2) is 0 Å². The molecule has 0 unspecified atom stereocenters. The fourth-order valence-electron chi connectivity index (χ4n) is 5.11. The maximum absolute atomic E-state index is 11.8. The summed E-state index contributed by atoms with van der Waals surface area (Å²) in [7, 11) is 0. The Labute approximate surface area is 140 Å². The zero-order valence-corrected chi connectivity index (χ0v) is 14.0. The predicted octanol–water partition coefficient (Wildman–Crippen LogP) is 3.96. The summed E-state index contributed by atoms with van der Waals surface area (Å²) in [5, 5.41) is 11.8. The molecule has 1 aromatic carbocycles. The number of hydrogen-bond acceptors (Lipinski definition) is 2. The van der Waals surface area contributed by atoms with Crippen LogP contribution in [0.25, 0.3) is 0 Å². The first-order chi connectivity index (χ1) is 11.3. The molecular weight excluding hydrogens is 282 g/mol. The van der Waals surface area contributed by atoms with Gasteiger partial charge in [-0.2, -0.15) is 0 Å². The van der Waals surface area contributed by atoms with Crippen LogP contribution in [0.5, 0.6) is 0 Å². The van der Waals surface area contributed by atoms with Crippen LogP contribution in [0, 0.1) is 17.8 Å². The van der Waals surface area contributed by atoms with E-state index in [2.05, 4.69) is 47.4 Å². The first-order valence-electron chi connectivity index (χ1n) is 9.44. The smallest absolute Gasteiger partial charge is 0.0942 e. The Hall–Kier alpha value is -1.12. The summed E-state index contributed by atoms with van der Waals surface area (Å²) < 4.78 is 0. The minimum Gasteiger partial charge on any atom is -0.385 e. The van der Waals surface area contributed by atoms with E-state index in [0.717, 1.165) is 24.9 Å². The lowest BCUT2D eigenvalue weighted by Crippen LogP contribution is -2.42. The zero-order chi connectivity index (χ0) is 15.7. The van der Waals surface area contributed by atoms with Gasteiger partial charge in [-0.3, -0.25) is 0 Å². The fourth-order valence-corrected chi connectivity index (χ4v) is 5.11. The van der Waals surface area contributed by atoms with Crippen LogP contribution in [0.15, 0.2) is 42.5 Å². The van der Waals surface area contributed by atoms with Crippen molar-refractivity contribution in [2.45, 2.75) is 44.1 Å². The Kier molecular flexibility index (Phi) is 4.29. The van der Waals surface area contributed by atoms with Gasteiger partial charge >= 0.3 is 0 Å². The molecule has 1 aliphatic heterocycles. The monoisotopic (exact) mass is 311 g/mol. The molecule has 1 heterocycles. The first kappa shape index (κ1) is 15.4. The number of hydrogen-bond donors (Lipinski definition) is 1. The van der Waals surface area contributed by atoms with Crippen LogP contribution >= 0.6 is 0 Å². The molecule has 0 radical (unpaired) electrons. The van der Waals surface area contributed by atoms with Gasteiger partial charge in [0, 0.05) is 6.54 Å². The summed E-state index contributed by atoms with van der Waals surface area (Å²) >= 11 is 0. The fraction of sp³-hybridized carbons (Fsp3) is 0.619. The van der Waals surface area contributed by atoms with E-state index >= 15 is 0 Å². The minimum absolute atomic E-state index is 0.393. The van der Waals surface area contributed by atoms with E-state index in [1.165, 1.54) is 38.8 Å². The molecule has 0 aromatic heterocycles. The molecule has 2 nitrogen and oxygen atoms in total. The van der Waals surface area contributed by atoms with Crippen molar-refractivity contribution >= 4 is 0 Å². The van der Waals surface area contributed by atoms with E-state index < -0.39 is 5.60 Å². The van der Waals surface area contributed by atoms with Crippen LogP contribution in [0.1, 0.15) is 44.1 Å². The summed E-state index contributed by atoms with van der Waals surface area (Å²) in [6.07, 6.45) is 12.0.